The lowest BCUT2D eigenvalue weighted by molar-refractivity contribution is -0.137. The van der Waals surface area contributed by atoms with Gasteiger partial charge in [0.2, 0.25) is 10.0 Å². The third kappa shape index (κ3) is 7.83. The van der Waals surface area contributed by atoms with Crippen molar-refractivity contribution in [1.29, 1.82) is 0 Å². The minimum atomic E-state index is -4.52. The highest BCUT2D eigenvalue weighted by atomic mass is 35.5. The van der Waals surface area contributed by atoms with E-state index in [0.717, 1.165) is 12.1 Å². The van der Waals surface area contributed by atoms with Crippen molar-refractivity contribution in [3.8, 4) is 16.9 Å². The molecule has 3 rings (SSSR count). The fraction of sp³-hybridized carbons (Fsp3) is 0.208. The number of phenolic OH excluding ortho intramolecular Hbond substituents is 1. The van der Waals surface area contributed by atoms with Crippen molar-refractivity contribution in [1.82, 2.24) is 5.32 Å². The normalized spacial score (nSPS) is 11.8. The van der Waals surface area contributed by atoms with Crippen LogP contribution in [0.15, 0.2) is 60.7 Å². The van der Waals surface area contributed by atoms with Crippen LogP contribution in [-0.4, -0.2) is 50.0 Å². The van der Waals surface area contributed by atoms with Crippen LogP contribution in [0.3, 0.4) is 0 Å². The second kappa shape index (κ2) is 11.8. The van der Waals surface area contributed by atoms with Crippen LogP contribution in [0.2, 0.25) is 5.02 Å². The number of halogens is 4. The number of aromatic hydroxyl groups is 1. The average Bonchev–Trinajstić information content (AvgIpc) is 2.83. The molecule has 13 heteroatoms. The Morgan fingerprint density at radius 2 is 1.68 bits per heavy atom. The minimum absolute atomic E-state index is 0.0841. The molecule has 8 nitrogen and oxygen atoms in total. The zero-order valence-corrected chi connectivity index (χ0v) is 20.7. The molecule has 0 aromatic heterocycles. The Balaban J connectivity index is 1.70. The summed E-state index contributed by atoms with van der Waals surface area (Å²) in [6.07, 6.45) is -4.52. The highest BCUT2D eigenvalue weighted by molar-refractivity contribution is 7.92. The van der Waals surface area contributed by atoms with Crippen molar-refractivity contribution in [2.75, 3.05) is 35.5 Å². The van der Waals surface area contributed by atoms with E-state index in [1.807, 2.05) is 0 Å². The first-order valence-electron chi connectivity index (χ1n) is 10.8. The molecule has 0 saturated heterocycles. The van der Waals surface area contributed by atoms with Crippen LogP contribution in [0.1, 0.15) is 15.9 Å². The molecular formula is C24H23ClF3N3O5S. The number of alkyl halides is 3. The van der Waals surface area contributed by atoms with Gasteiger partial charge in [-0.2, -0.15) is 13.2 Å². The number of anilines is 2. The Hall–Kier alpha value is -3.32. The Kier molecular flexibility index (Phi) is 9.02. The van der Waals surface area contributed by atoms with Crippen molar-refractivity contribution in [2.24, 2.45) is 0 Å². The second-order valence-electron chi connectivity index (χ2n) is 7.85. The topological polar surface area (TPSA) is 128 Å². The average molecular weight is 558 g/mol. The fourth-order valence-electron chi connectivity index (χ4n) is 3.25. The predicted octanol–water partition coefficient (Wildman–Crippen LogP) is 4.31. The van der Waals surface area contributed by atoms with Crippen LogP contribution < -0.4 is 15.4 Å². The molecule has 37 heavy (non-hydrogen) atoms. The van der Waals surface area contributed by atoms with Gasteiger partial charge in [0.05, 0.1) is 23.6 Å². The minimum Gasteiger partial charge on any atom is -0.506 e. The standard InChI is InChI=1S/C24H23ClF3N3O5S/c25-20-13-17(24(26,27)28)5-7-19(20)15-1-3-16(4-2-15)23(34)30-18-6-8-22(33)21(14-18)31-37(35,36)12-10-29-9-11-32/h1-8,13-14,29,31-33H,9-12H2,(H,30,34). The van der Waals surface area contributed by atoms with Gasteiger partial charge in [0.1, 0.15) is 5.75 Å². The molecule has 0 unspecified atom stereocenters. The highest BCUT2D eigenvalue weighted by Crippen LogP contribution is 2.35. The van der Waals surface area contributed by atoms with Crippen LogP contribution in [-0.2, 0) is 16.2 Å². The molecular weight excluding hydrogens is 535 g/mol. The van der Waals surface area contributed by atoms with Gasteiger partial charge in [0, 0.05) is 34.9 Å². The first kappa shape index (κ1) is 28.3. The number of amides is 1. The van der Waals surface area contributed by atoms with Gasteiger partial charge in [-0.1, -0.05) is 29.8 Å². The molecule has 5 N–H and O–H groups in total. The molecule has 0 saturated carbocycles. The number of rotatable bonds is 10. The first-order chi connectivity index (χ1) is 17.4. The van der Waals surface area contributed by atoms with Crippen molar-refractivity contribution >= 4 is 38.9 Å². The summed E-state index contributed by atoms with van der Waals surface area (Å²) in [5.74, 6) is -1.20. The van der Waals surface area contributed by atoms with Crippen molar-refractivity contribution < 1.29 is 36.6 Å². The zero-order chi connectivity index (χ0) is 27.2. The number of hydrogen-bond donors (Lipinski definition) is 5. The van der Waals surface area contributed by atoms with E-state index in [1.54, 1.807) is 0 Å². The molecule has 3 aromatic rings. The first-order valence-corrected chi connectivity index (χ1v) is 12.9. The Labute approximate surface area is 216 Å². The lowest BCUT2D eigenvalue weighted by Crippen LogP contribution is -2.28. The van der Waals surface area contributed by atoms with Crippen molar-refractivity contribution in [3.05, 3.63) is 76.8 Å². The molecule has 0 spiro atoms. The number of benzene rings is 3. The van der Waals surface area contributed by atoms with Gasteiger partial charge in [-0.3, -0.25) is 9.52 Å². The summed E-state index contributed by atoms with van der Waals surface area (Å²) in [5.41, 5.74) is 0.290. The van der Waals surface area contributed by atoms with Gasteiger partial charge in [-0.05, 0) is 48.0 Å². The molecule has 3 aromatic carbocycles. The van der Waals surface area contributed by atoms with Crippen molar-refractivity contribution in [3.63, 3.8) is 0 Å². The summed E-state index contributed by atoms with van der Waals surface area (Å²) in [7, 11) is -3.82. The molecule has 0 aliphatic heterocycles. The predicted molar refractivity (Wildman–Crippen MR) is 135 cm³/mol. The van der Waals surface area contributed by atoms with Gasteiger partial charge >= 0.3 is 6.18 Å². The Morgan fingerprint density at radius 3 is 2.30 bits per heavy atom. The number of phenols is 1. The van der Waals surface area contributed by atoms with Crippen LogP contribution in [0.25, 0.3) is 11.1 Å². The van der Waals surface area contributed by atoms with Gasteiger partial charge in [-0.15, -0.1) is 0 Å². The number of aliphatic hydroxyl groups excluding tert-OH is 1. The van der Waals surface area contributed by atoms with E-state index in [-0.39, 0.29) is 53.2 Å². The largest absolute Gasteiger partial charge is 0.506 e. The summed E-state index contributed by atoms with van der Waals surface area (Å²) in [4.78, 5) is 12.7. The summed E-state index contributed by atoms with van der Waals surface area (Å²) in [5, 5.41) is 24.0. The van der Waals surface area contributed by atoms with Crippen LogP contribution in [0, 0.1) is 0 Å². The maximum Gasteiger partial charge on any atom is 0.416 e. The summed E-state index contributed by atoms with van der Waals surface area (Å²) < 4.78 is 65.3. The summed E-state index contributed by atoms with van der Waals surface area (Å²) >= 11 is 6.03. The summed E-state index contributed by atoms with van der Waals surface area (Å²) in [6.45, 7) is 0.183. The quantitative estimate of drug-likeness (QED) is 0.144. The molecule has 0 fully saturated rings. The molecule has 0 bridgehead atoms. The van der Waals surface area contributed by atoms with Crippen molar-refractivity contribution in [2.45, 2.75) is 6.18 Å². The Morgan fingerprint density at radius 1 is 0.973 bits per heavy atom. The lowest BCUT2D eigenvalue weighted by Gasteiger charge is -2.13. The smallest absolute Gasteiger partial charge is 0.416 e. The van der Waals surface area contributed by atoms with Gasteiger partial charge < -0.3 is 20.8 Å². The molecule has 0 atom stereocenters. The molecule has 198 valence electrons. The zero-order valence-electron chi connectivity index (χ0n) is 19.1. The molecule has 1 amide bonds. The molecule has 0 aliphatic carbocycles. The van der Waals surface area contributed by atoms with E-state index in [0.29, 0.717) is 11.1 Å². The number of carbonyl (C=O) groups is 1. The monoisotopic (exact) mass is 557 g/mol. The van der Waals surface area contributed by atoms with Gasteiger partial charge in [0.15, 0.2) is 0 Å². The number of carbonyl (C=O) groups excluding carboxylic acids is 1. The molecule has 0 heterocycles. The van der Waals surface area contributed by atoms with Gasteiger partial charge in [-0.25, -0.2) is 8.42 Å². The molecule has 0 aliphatic rings. The number of nitrogens with one attached hydrogen (secondary N) is 3. The van der Waals surface area contributed by atoms with E-state index in [1.165, 1.54) is 48.5 Å². The third-order valence-electron chi connectivity index (χ3n) is 5.11. The third-order valence-corrected chi connectivity index (χ3v) is 6.70. The number of sulfonamides is 1. The van der Waals surface area contributed by atoms with Crippen LogP contribution in [0.4, 0.5) is 24.5 Å². The SMILES string of the molecule is O=C(Nc1ccc(O)c(NS(=O)(=O)CCNCCO)c1)c1ccc(-c2ccc(C(F)(F)F)cc2Cl)cc1. The van der Waals surface area contributed by atoms with E-state index >= 15 is 0 Å². The number of hydrogen-bond acceptors (Lipinski definition) is 6. The van der Waals surface area contributed by atoms with Crippen LogP contribution in [0.5, 0.6) is 5.75 Å². The summed E-state index contributed by atoms with van der Waals surface area (Å²) in [6, 6.07) is 12.8. The molecule has 0 radical (unpaired) electrons. The number of aliphatic hydroxyl groups is 1. The van der Waals surface area contributed by atoms with E-state index < -0.39 is 27.7 Å². The fourth-order valence-corrected chi connectivity index (χ4v) is 4.56. The lowest BCUT2D eigenvalue weighted by atomic mass is 10.0. The maximum atomic E-state index is 12.9. The van der Waals surface area contributed by atoms with E-state index in [2.05, 4.69) is 15.4 Å². The van der Waals surface area contributed by atoms with Gasteiger partial charge in [0.25, 0.3) is 5.91 Å². The van der Waals surface area contributed by atoms with E-state index in [9.17, 15) is 31.5 Å². The maximum absolute atomic E-state index is 12.9. The Bertz CT molecular complexity index is 1370. The highest BCUT2D eigenvalue weighted by Gasteiger charge is 2.31. The second-order valence-corrected chi connectivity index (χ2v) is 10.1. The van der Waals surface area contributed by atoms with Crippen LogP contribution >= 0.6 is 11.6 Å². The van der Waals surface area contributed by atoms with E-state index in [4.69, 9.17) is 16.7 Å².